The van der Waals surface area contributed by atoms with Gasteiger partial charge in [0.15, 0.2) is 0 Å². The fourth-order valence-corrected chi connectivity index (χ4v) is 2.10. The highest BCUT2D eigenvalue weighted by molar-refractivity contribution is 14.1. The van der Waals surface area contributed by atoms with Crippen LogP contribution < -0.4 is 0 Å². The van der Waals surface area contributed by atoms with E-state index in [0.29, 0.717) is 9.13 Å². The molecule has 0 aliphatic carbocycles. The highest BCUT2D eigenvalue weighted by atomic mass is 127. The van der Waals surface area contributed by atoms with Crippen molar-refractivity contribution < 1.29 is 18.3 Å². The van der Waals surface area contributed by atoms with Crippen molar-refractivity contribution in [2.45, 2.75) is 19.8 Å². The molecule has 0 bridgehead atoms. The number of halogens is 3. The fraction of sp³-hybridized carbons (Fsp3) is 0.333. The van der Waals surface area contributed by atoms with Crippen LogP contribution >= 0.6 is 22.6 Å². The smallest absolute Gasteiger partial charge is 0.310 e. The van der Waals surface area contributed by atoms with Gasteiger partial charge in [0.05, 0.1) is 24.7 Å². The summed E-state index contributed by atoms with van der Waals surface area (Å²) in [6.07, 6.45) is -2.73. The zero-order chi connectivity index (χ0) is 13.7. The Kier molecular flexibility index (Phi) is 5.47. The summed E-state index contributed by atoms with van der Waals surface area (Å²) >= 11 is 1.86. The first-order valence-electron chi connectivity index (χ1n) is 5.15. The minimum Gasteiger partial charge on any atom is -0.466 e. The number of hydrogen-bond donors (Lipinski definition) is 0. The molecule has 0 amide bonds. The lowest BCUT2D eigenvalue weighted by Gasteiger charge is -2.09. The summed E-state index contributed by atoms with van der Waals surface area (Å²) < 4.78 is 30.6. The Hall–Kier alpha value is -1.23. The fourth-order valence-electron chi connectivity index (χ4n) is 1.41. The summed E-state index contributed by atoms with van der Waals surface area (Å²) in [7, 11) is 0. The largest absolute Gasteiger partial charge is 0.466 e. The molecule has 0 saturated carbocycles. The second-order valence-corrected chi connectivity index (χ2v) is 4.59. The van der Waals surface area contributed by atoms with Gasteiger partial charge in [0.1, 0.15) is 0 Å². The first-order chi connectivity index (χ1) is 8.49. The maximum atomic E-state index is 12.7. The van der Waals surface area contributed by atoms with Crippen LogP contribution in [0.3, 0.4) is 0 Å². The molecule has 96 valence electrons. The van der Waals surface area contributed by atoms with E-state index in [-0.39, 0.29) is 24.2 Å². The minimum absolute atomic E-state index is 0.0235. The SMILES string of the molecule is CCOC(=O)Cc1cc(C#N)c(C(F)F)cc1I. The van der Waals surface area contributed by atoms with Crippen LogP contribution in [0.5, 0.6) is 0 Å². The summed E-state index contributed by atoms with van der Waals surface area (Å²) in [6.45, 7) is 1.94. The van der Waals surface area contributed by atoms with Crippen LogP contribution in [0.25, 0.3) is 0 Å². The van der Waals surface area contributed by atoms with Gasteiger partial charge in [-0.1, -0.05) is 0 Å². The predicted octanol–water partition coefficient (Wildman–Crippen LogP) is 3.21. The molecule has 18 heavy (non-hydrogen) atoms. The van der Waals surface area contributed by atoms with Gasteiger partial charge in [-0.05, 0) is 47.2 Å². The van der Waals surface area contributed by atoms with Crippen LogP contribution in [-0.2, 0) is 16.0 Å². The highest BCUT2D eigenvalue weighted by Gasteiger charge is 2.17. The van der Waals surface area contributed by atoms with Crippen LogP contribution in [-0.4, -0.2) is 12.6 Å². The van der Waals surface area contributed by atoms with Crippen molar-refractivity contribution in [1.29, 1.82) is 5.26 Å². The average Bonchev–Trinajstić information content (AvgIpc) is 2.31. The third kappa shape index (κ3) is 3.63. The van der Waals surface area contributed by atoms with Gasteiger partial charge in [-0.2, -0.15) is 5.26 Å². The third-order valence-electron chi connectivity index (χ3n) is 2.21. The molecule has 1 rings (SSSR count). The van der Waals surface area contributed by atoms with Gasteiger partial charge >= 0.3 is 5.97 Å². The quantitative estimate of drug-likeness (QED) is 0.608. The Balaban J connectivity index is 3.09. The minimum atomic E-state index is -2.70. The van der Waals surface area contributed by atoms with Crippen molar-refractivity contribution in [2.24, 2.45) is 0 Å². The lowest BCUT2D eigenvalue weighted by atomic mass is 10.0. The van der Waals surface area contributed by atoms with Gasteiger partial charge in [-0.25, -0.2) is 8.78 Å². The number of benzene rings is 1. The number of alkyl halides is 2. The zero-order valence-corrected chi connectivity index (χ0v) is 11.7. The van der Waals surface area contributed by atoms with E-state index in [2.05, 4.69) is 0 Å². The second-order valence-electron chi connectivity index (χ2n) is 3.43. The first-order valence-corrected chi connectivity index (χ1v) is 6.23. The summed E-state index contributed by atoms with van der Waals surface area (Å²) in [4.78, 5) is 11.3. The van der Waals surface area contributed by atoms with Gasteiger partial charge in [-0.15, -0.1) is 0 Å². The van der Waals surface area contributed by atoms with E-state index in [1.165, 1.54) is 12.1 Å². The Morgan fingerprint density at radius 3 is 2.72 bits per heavy atom. The molecule has 1 aromatic carbocycles. The van der Waals surface area contributed by atoms with Gasteiger partial charge in [0.2, 0.25) is 0 Å². The Morgan fingerprint density at radius 1 is 1.56 bits per heavy atom. The Bertz CT molecular complexity index is 498. The summed E-state index contributed by atoms with van der Waals surface area (Å²) in [5.41, 5.74) is 0.106. The highest BCUT2D eigenvalue weighted by Crippen LogP contribution is 2.27. The van der Waals surface area contributed by atoms with E-state index in [1.807, 2.05) is 22.6 Å². The number of nitriles is 1. The lowest BCUT2D eigenvalue weighted by Crippen LogP contribution is -2.09. The molecule has 0 saturated heterocycles. The molecule has 6 heteroatoms. The number of ether oxygens (including phenoxy) is 1. The standard InChI is InChI=1S/C12H10F2INO2/c1-2-18-11(17)4-7-3-8(6-16)9(12(13)14)5-10(7)15/h3,5,12H,2,4H2,1H3. The zero-order valence-electron chi connectivity index (χ0n) is 9.54. The van der Waals surface area contributed by atoms with E-state index < -0.39 is 12.4 Å². The van der Waals surface area contributed by atoms with E-state index >= 15 is 0 Å². The van der Waals surface area contributed by atoms with E-state index in [9.17, 15) is 13.6 Å². The topological polar surface area (TPSA) is 50.1 Å². The van der Waals surface area contributed by atoms with Crippen LogP contribution in [0.15, 0.2) is 12.1 Å². The van der Waals surface area contributed by atoms with E-state index in [4.69, 9.17) is 10.00 Å². The van der Waals surface area contributed by atoms with Crippen LogP contribution in [0, 0.1) is 14.9 Å². The van der Waals surface area contributed by atoms with Crippen molar-refractivity contribution in [2.75, 3.05) is 6.61 Å². The van der Waals surface area contributed by atoms with E-state index in [1.54, 1.807) is 13.0 Å². The lowest BCUT2D eigenvalue weighted by molar-refractivity contribution is -0.142. The summed E-state index contributed by atoms with van der Waals surface area (Å²) in [5.74, 6) is -0.441. The van der Waals surface area contributed by atoms with Crippen molar-refractivity contribution in [3.05, 3.63) is 32.4 Å². The molecule has 3 nitrogen and oxygen atoms in total. The molecule has 0 aliphatic rings. The molecule has 0 unspecified atom stereocenters. The second kappa shape index (κ2) is 6.64. The summed E-state index contributed by atoms with van der Waals surface area (Å²) in [5, 5.41) is 8.82. The van der Waals surface area contributed by atoms with Gasteiger partial charge < -0.3 is 4.74 Å². The molecular formula is C12H10F2INO2. The number of rotatable bonds is 4. The molecule has 0 N–H and O–H groups in total. The van der Waals surface area contributed by atoms with Gasteiger partial charge in [0, 0.05) is 9.13 Å². The van der Waals surface area contributed by atoms with Crippen LogP contribution in [0.1, 0.15) is 30.0 Å². The first kappa shape index (κ1) is 14.8. The van der Waals surface area contributed by atoms with Gasteiger partial charge in [0.25, 0.3) is 6.43 Å². The molecule has 0 aromatic heterocycles. The molecule has 0 fully saturated rings. The molecule has 0 aliphatic heterocycles. The monoisotopic (exact) mass is 365 g/mol. The maximum Gasteiger partial charge on any atom is 0.310 e. The van der Waals surface area contributed by atoms with E-state index in [0.717, 1.165) is 0 Å². The van der Waals surface area contributed by atoms with Crippen molar-refractivity contribution >= 4 is 28.6 Å². The van der Waals surface area contributed by atoms with Crippen molar-refractivity contribution in [3.8, 4) is 6.07 Å². The number of carbonyl (C=O) groups is 1. The molecular weight excluding hydrogens is 355 g/mol. The van der Waals surface area contributed by atoms with Crippen molar-refractivity contribution in [3.63, 3.8) is 0 Å². The number of carbonyl (C=O) groups excluding carboxylic acids is 1. The summed E-state index contributed by atoms with van der Waals surface area (Å²) in [6, 6.07) is 4.27. The predicted molar refractivity (Wildman–Crippen MR) is 69.2 cm³/mol. The third-order valence-corrected chi connectivity index (χ3v) is 3.22. The normalized spacial score (nSPS) is 10.2. The molecule has 0 spiro atoms. The number of esters is 1. The van der Waals surface area contributed by atoms with Crippen LogP contribution in [0.4, 0.5) is 8.78 Å². The number of nitrogens with zero attached hydrogens (tertiary/aromatic N) is 1. The molecule has 0 atom stereocenters. The van der Waals surface area contributed by atoms with Crippen molar-refractivity contribution in [1.82, 2.24) is 0 Å². The number of hydrogen-bond acceptors (Lipinski definition) is 3. The molecule has 0 heterocycles. The average molecular weight is 365 g/mol. The molecule has 0 radical (unpaired) electrons. The Morgan fingerprint density at radius 2 is 2.22 bits per heavy atom. The Labute approximate surface area is 117 Å². The van der Waals surface area contributed by atoms with Gasteiger partial charge in [-0.3, -0.25) is 4.79 Å². The van der Waals surface area contributed by atoms with Crippen LogP contribution in [0.2, 0.25) is 0 Å². The maximum absolute atomic E-state index is 12.7. The molecule has 1 aromatic rings.